The Kier molecular flexibility index (Phi) is 7.60. The Morgan fingerprint density at radius 3 is 2.39 bits per heavy atom. The molecule has 23 heavy (non-hydrogen) atoms. The molecule has 0 aliphatic carbocycles. The highest BCUT2D eigenvalue weighted by molar-refractivity contribution is 5.87. The summed E-state index contributed by atoms with van der Waals surface area (Å²) in [6.45, 7) is 4.08. The van der Waals surface area contributed by atoms with E-state index in [0.29, 0.717) is 13.0 Å². The van der Waals surface area contributed by atoms with E-state index >= 15 is 0 Å². The molecule has 1 rings (SSSR count). The van der Waals surface area contributed by atoms with Gasteiger partial charge in [0.2, 0.25) is 0 Å². The molecule has 0 saturated carbocycles. The Hall–Kier alpha value is -1.02. The van der Waals surface area contributed by atoms with E-state index in [9.17, 15) is 9.59 Å². The average Bonchev–Trinajstić information content (AvgIpc) is 2.52. The third-order valence-corrected chi connectivity index (χ3v) is 4.44. The Balaban J connectivity index is 2.93. The normalized spacial score (nSPS) is 26.6. The SMILES string of the molecule is COC[C@H](C[C@H]1O[C@H]([C@H](OC)C(=O)OC)CC(=O)C1(C)C)OC. The molecule has 134 valence electrons. The van der Waals surface area contributed by atoms with E-state index in [0.717, 1.165) is 0 Å². The fourth-order valence-electron chi connectivity index (χ4n) is 2.76. The lowest BCUT2D eigenvalue weighted by Crippen LogP contribution is -2.54. The zero-order valence-electron chi connectivity index (χ0n) is 14.8. The lowest BCUT2D eigenvalue weighted by Gasteiger charge is -2.43. The number of hydrogen-bond acceptors (Lipinski definition) is 7. The van der Waals surface area contributed by atoms with Crippen molar-refractivity contribution in [3.8, 4) is 0 Å². The second kappa shape index (κ2) is 8.73. The van der Waals surface area contributed by atoms with Gasteiger partial charge in [-0.25, -0.2) is 4.79 Å². The molecule has 0 unspecified atom stereocenters. The number of carbonyl (C=O) groups is 2. The Morgan fingerprint density at radius 2 is 1.91 bits per heavy atom. The van der Waals surface area contributed by atoms with Crippen molar-refractivity contribution in [2.45, 2.75) is 51.1 Å². The molecule has 7 nitrogen and oxygen atoms in total. The summed E-state index contributed by atoms with van der Waals surface area (Å²) in [5.41, 5.74) is -0.671. The van der Waals surface area contributed by atoms with Crippen molar-refractivity contribution < 1.29 is 33.3 Å². The summed E-state index contributed by atoms with van der Waals surface area (Å²) >= 11 is 0. The maximum absolute atomic E-state index is 12.5. The Labute approximate surface area is 137 Å². The van der Waals surface area contributed by atoms with Crippen LogP contribution >= 0.6 is 0 Å². The van der Waals surface area contributed by atoms with Crippen LogP contribution in [0.25, 0.3) is 0 Å². The fourth-order valence-corrected chi connectivity index (χ4v) is 2.76. The maximum Gasteiger partial charge on any atom is 0.337 e. The summed E-state index contributed by atoms with van der Waals surface area (Å²) in [7, 11) is 5.85. The second-order valence-electron chi connectivity index (χ2n) is 6.24. The number of hydrogen-bond donors (Lipinski definition) is 0. The van der Waals surface area contributed by atoms with E-state index in [1.807, 2.05) is 13.8 Å². The van der Waals surface area contributed by atoms with Gasteiger partial charge < -0.3 is 23.7 Å². The van der Waals surface area contributed by atoms with E-state index in [2.05, 4.69) is 0 Å². The summed E-state index contributed by atoms with van der Waals surface area (Å²) < 4.78 is 26.4. The van der Waals surface area contributed by atoms with Gasteiger partial charge in [0, 0.05) is 39.6 Å². The minimum atomic E-state index is -0.925. The van der Waals surface area contributed by atoms with Crippen LogP contribution in [0.4, 0.5) is 0 Å². The molecule has 1 heterocycles. The molecule has 4 atom stereocenters. The first-order chi connectivity index (χ1) is 10.8. The minimum Gasteiger partial charge on any atom is -0.467 e. The zero-order valence-corrected chi connectivity index (χ0v) is 14.8. The van der Waals surface area contributed by atoms with Crippen LogP contribution in [0.5, 0.6) is 0 Å². The van der Waals surface area contributed by atoms with Gasteiger partial charge in [-0.2, -0.15) is 0 Å². The lowest BCUT2D eigenvalue weighted by atomic mass is 9.75. The molecule has 0 bridgehead atoms. The minimum absolute atomic E-state index is 0.0250. The van der Waals surface area contributed by atoms with Gasteiger partial charge in [-0.1, -0.05) is 13.8 Å². The quantitative estimate of drug-likeness (QED) is 0.613. The lowest BCUT2D eigenvalue weighted by molar-refractivity contribution is -0.192. The molecule has 0 radical (unpaired) electrons. The van der Waals surface area contributed by atoms with Crippen molar-refractivity contribution in [2.75, 3.05) is 35.0 Å². The average molecular weight is 332 g/mol. The monoisotopic (exact) mass is 332 g/mol. The highest BCUT2D eigenvalue weighted by Crippen LogP contribution is 2.37. The van der Waals surface area contributed by atoms with Gasteiger partial charge in [0.05, 0.1) is 25.9 Å². The molecular formula is C16H28O7. The van der Waals surface area contributed by atoms with Crippen LogP contribution in [0, 0.1) is 5.41 Å². The van der Waals surface area contributed by atoms with Gasteiger partial charge in [-0.15, -0.1) is 0 Å². The molecular weight excluding hydrogens is 304 g/mol. The van der Waals surface area contributed by atoms with Crippen LogP contribution in [0.3, 0.4) is 0 Å². The number of rotatable bonds is 8. The molecule has 0 spiro atoms. The first-order valence-corrected chi connectivity index (χ1v) is 7.62. The van der Waals surface area contributed by atoms with Crippen molar-refractivity contribution in [1.82, 2.24) is 0 Å². The van der Waals surface area contributed by atoms with Gasteiger partial charge in [-0.3, -0.25) is 4.79 Å². The maximum atomic E-state index is 12.5. The summed E-state index contributed by atoms with van der Waals surface area (Å²) in [6, 6.07) is 0. The largest absolute Gasteiger partial charge is 0.467 e. The smallest absolute Gasteiger partial charge is 0.337 e. The van der Waals surface area contributed by atoms with Crippen LogP contribution in [0.2, 0.25) is 0 Å². The topological polar surface area (TPSA) is 80.3 Å². The van der Waals surface area contributed by atoms with Gasteiger partial charge in [-0.05, 0) is 0 Å². The third kappa shape index (κ3) is 4.73. The van der Waals surface area contributed by atoms with Crippen molar-refractivity contribution in [2.24, 2.45) is 5.41 Å². The van der Waals surface area contributed by atoms with Crippen LogP contribution in [0.1, 0.15) is 26.7 Å². The molecule has 1 aliphatic heterocycles. The number of Topliss-reactive ketones (excluding diaryl/α,β-unsaturated/α-hetero) is 1. The summed E-state index contributed by atoms with van der Waals surface area (Å²) in [4.78, 5) is 24.4. The van der Waals surface area contributed by atoms with Crippen molar-refractivity contribution in [3.63, 3.8) is 0 Å². The van der Waals surface area contributed by atoms with Crippen molar-refractivity contribution >= 4 is 11.8 Å². The van der Waals surface area contributed by atoms with Crippen LogP contribution in [-0.4, -0.2) is 71.2 Å². The van der Waals surface area contributed by atoms with Crippen LogP contribution in [0.15, 0.2) is 0 Å². The molecule has 7 heteroatoms. The molecule has 0 amide bonds. The van der Waals surface area contributed by atoms with Gasteiger partial charge in [0.1, 0.15) is 11.9 Å². The van der Waals surface area contributed by atoms with E-state index in [1.54, 1.807) is 14.2 Å². The number of ether oxygens (including phenoxy) is 5. The second-order valence-corrected chi connectivity index (χ2v) is 6.24. The fraction of sp³-hybridized carbons (Fsp3) is 0.875. The first-order valence-electron chi connectivity index (χ1n) is 7.62. The van der Waals surface area contributed by atoms with Crippen molar-refractivity contribution in [1.29, 1.82) is 0 Å². The number of carbonyl (C=O) groups excluding carboxylic acids is 2. The molecule has 0 N–H and O–H groups in total. The van der Waals surface area contributed by atoms with Crippen LogP contribution in [-0.2, 0) is 33.3 Å². The molecule has 1 saturated heterocycles. The summed E-state index contributed by atoms with van der Waals surface area (Å²) in [5, 5.41) is 0. The summed E-state index contributed by atoms with van der Waals surface area (Å²) in [5.74, 6) is -0.527. The predicted molar refractivity (Wildman–Crippen MR) is 82.2 cm³/mol. The molecule has 1 fully saturated rings. The highest BCUT2D eigenvalue weighted by Gasteiger charge is 2.48. The first kappa shape index (κ1) is 20.0. The van der Waals surface area contributed by atoms with Gasteiger partial charge in [0.15, 0.2) is 6.10 Å². The Bertz CT molecular complexity index is 407. The van der Waals surface area contributed by atoms with E-state index in [4.69, 9.17) is 23.7 Å². The van der Waals surface area contributed by atoms with Gasteiger partial charge in [0.25, 0.3) is 0 Å². The number of methoxy groups -OCH3 is 4. The zero-order chi connectivity index (χ0) is 17.6. The third-order valence-electron chi connectivity index (χ3n) is 4.44. The Morgan fingerprint density at radius 1 is 1.26 bits per heavy atom. The summed E-state index contributed by atoms with van der Waals surface area (Å²) in [6.07, 6.45) is -1.61. The standard InChI is InChI=1S/C16H28O7/c1-16(2)12(17)8-11(14(21-5)15(18)22-6)23-13(16)7-10(20-4)9-19-3/h10-11,13-14H,7-9H2,1-6H3/t10-,11-,13+,14-/m0/s1. The molecule has 0 aromatic rings. The number of ketones is 1. The van der Waals surface area contributed by atoms with E-state index in [-0.39, 0.29) is 18.3 Å². The van der Waals surface area contributed by atoms with Crippen molar-refractivity contribution in [3.05, 3.63) is 0 Å². The van der Waals surface area contributed by atoms with Gasteiger partial charge >= 0.3 is 5.97 Å². The van der Waals surface area contributed by atoms with E-state index < -0.39 is 29.7 Å². The predicted octanol–water partition coefficient (Wildman–Crippen LogP) is 0.979. The van der Waals surface area contributed by atoms with Crippen LogP contribution < -0.4 is 0 Å². The molecule has 0 aromatic carbocycles. The molecule has 0 aromatic heterocycles. The molecule has 1 aliphatic rings. The van der Waals surface area contributed by atoms with E-state index in [1.165, 1.54) is 14.2 Å². The number of esters is 1. The highest BCUT2D eigenvalue weighted by atomic mass is 16.6.